The zero-order chi connectivity index (χ0) is 15.0. The number of carboxylic acid groups (broad SMARTS) is 1. The van der Waals surface area contributed by atoms with E-state index < -0.39 is 16.9 Å². The molecule has 0 aliphatic heterocycles. The highest BCUT2D eigenvalue weighted by Gasteiger charge is 2.22. The molecule has 0 saturated heterocycles. The highest BCUT2D eigenvalue weighted by molar-refractivity contribution is 9.10. The molecule has 0 aliphatic carbocycles. The fraction of sp³-hybridized carbons (Fsp3) is 0.250. The van der Waals surface area contributed by atoms with Gasteiger partial charge in [0.1, 0.15) is 6.04 Å². The highest BCUT2D eigenvalue weighted by Crippen LogP contribution is 2.34. The number of nitrogens with zero attached hydrogens (tertiary/aromatic N) is 2. The lowest BCUT2D eigenvalue weighted by Crippen LogP contribution is -2.32. The van der Waals surface area contributed by atoms with Crippen LogP contribution in [0.1, 0.15) is 5.56 Å². The van der Waals surface area contributed by atoms with Crippen molar-refractivity contribution in [3.8, 4) is 0 Å². The van der Waals surface area contributed by atoms with Crippen LogP contribution in [0.25, 0.3) is 10.9 Å². The van der Waals surface area contributed by atoms with Crippen molar-refractivity contribution in [3.63, 3.8) is 0 Å². The first kappa shape index (κ1) is 14.5. The molecule has 106 valence electrons. The molecule has 0 fully saturated rings. The number of aryl methyl sites for hydroxylation is 1. The number of nitrogens with two attached hydrogens (primary N) is 1. The maximum atomic E-state index is 11.2. The van der Waals surface area contributed by atoms with E-state index in [0.717, 1.165) is 0 Å². The molecule has 1 aromatic heterocycles. The van der Waals surface area contributed by atoms with Crippen LogP contribution in [0.4, 0.5) is 5.69 Å². The zero-order valence-electron chi connectivity index (χ0n) is 10.5. The van der Waals surface area contributed by atoms with Gasteiger partial charge in [0.05, 0.1) is 15.8 Å². The molecule has 0 aliphatic rings. The van der Waals surface area contributed by atoms with Gasteiger partial charge in [-0.05, 0) is 11.6 Å². The van der Waals surface area contributed by atoms with Gasteiger partial charge < -0.3 is 15.4 Å². The van der Waals surface area contributed by atoms with Crippen LogP contribution in [0.15, 0.2) is 22.8 Å². The van der Waals surface area contributed by atoms with Crippen molar-refractivity contribution in [2.45, 2.75) is 12.5 Å². The van der Waals surface area contributed by atoms with Crippen LogP contribution in [0.5, 0.6) is 0 Å². The standard InChI is InChI=1S/C12H12BrN3O4/c1-15-5-6(2-8(14)12(17)18)11-9(15)3-7(13)4-10(11)16(19)20/h3-5,8H,2,14H2,1H3,(H,17,18). The molecule has 8 heteroatoms. The number of nitro groups is 1. The lowest BCUT2D eigenvalue weighted by atomic mass is 10.0. The summed E-state index contributed by atoms with van der Waals surface area (Å²) in [6, 6.07) is 2.06. The van der Waals surface area contributed by atoms with Gasteiger partial charge in [0, 0.05) is 30.2 Å². The van der Waals surface area contributed by atoms with E-state index in [2.05, 4.69) is 15.9 Å². The van der Waals surface area contributed by atoms with Crippen LogP contribution in [0.3, 0.4) is 0 Å². The predicted molar refractivity (Wildman–Crippen MR) is 76.6 cm³/mol. The average Bonchev–Trinajstić information content (AvgIpc) is 2.65. The number of fused-ring (bicyclic) bond motifs is 1. The minimum atomic E-state index is -1.14. The maximum Gasteiger partial charge on any atom is 0.320 e. The van der Waals surface area contributed by atoms with Crippen LogP contribution in [0, 0.1) is 10.1 Å². The summed E-state index contributed by atoms with van der Waals surface area (Å²) in [6.07, 6.45) is 1.71. The second-order valence-electron chi connectivity index (χ2n) is 4.49. The number of rotatable bonds is 4. The van der Waals surface area contributed by atoms with E-state index in [0.29, 0.717) is 20.9 Å². The summed E-state index contributed by atoms with van der Waals surface area (Å²) in [4.78, 5) is 21.5. The van der Waals surface area contributed by atoms with Crippen LogP contribution in [-0.4, -0.2) is 26.6 Å². The van der Waals surface area contributed by atoms with Crippen molar-refractivity contribution >= 4 is 38.5 Å². The lowest BCUT2D eigenvalue weighted by molar-refractivity contribution is -0.383. The normalized spacial score (nSPS) is 12.6. The number of benzene rings is 1. The predicted octanol–water partition coefficient (Wildman–Crippen LogP) is 1.80. The van der Waals surface area contributed by atoms with Crippen LogP contribution in [0.2, 0.25) is 0 Å². The molecule has 0 spiro atoms. The topological polar surface area (TPSA) is 111 Å². The number of non-ortho nitro benzene ring substituents is 1. The Bertz CT molecular complexity index is 710. The number of aromatic nitrogens is 1. The van der Waals surface area contributed by atoms with E-state index >= 15 is 0 Å². The second kappa shape index (κ2) is 5.22. The average molecular weight is 342 g/mol. The third-order valence-electron chi connectivity index (χ3n) is 3.07. The first-order valence-electron chi connectivity index (χ1n) is 5.71. The molecule has 0 saturated carbocycles. The Labute approximate surface area is 122 Å². The van der Waals surface area contributed by atoms with E-state index in [1.165, 1.54) is 6.07 Å². The van der Waals surface area contributed by atoms with Gasteiger partial charge in [-0.1, -0.05) is 15.9 Å². The molecule has 1 aromatic carbocycles. The number of hydrogen-bond donors (Lipinski definition) is 2. The van der Waals surface area contributed by atoms with Gasteiger partial charge in [-0.2, -0.15) is 0 Å². The van der Waals surface area contributed by atoms with Crippen molar-refractivity contribution in [2.75, 3.05) is 0 Å². The Kier molecular flexibility index (Phi) is 3.78. The molecule has 2 aromatic rings. The van der Waals surface area contributed by atoms with Gasteiger partial charge in [-0.3, -0.25) is 14.9 Å². The van der Waals surface area contributed by atoms with E-state index in [9.17, 15) is 14.9 Å². The maximum absolute atomic E-state index is 11.2. The Balaban J connectivity index is 2.67. The van der Waals surface area contributed by atoms with E-state index in [-0.39, 0.29) is 12.1 Å². The number of aliphatic carboxylic acids is 1. The molecule has 1 heterocycles. The fourth-order valence-electron chi connectivity index (χ4n) is 2.18. The fourth-order valence-corrected chi connectivity index (χ4v) is 2.61. The van der Waals surface area contributed by atoms with E-state index in [1.54, 1.807) is 23.9 Å². The number of hydrogen-bond acceptors (Lipinski definition) is 4. The van der Waals surface area contributed by atoms with Gasteiger partial charge in [-0.25, -0.2) is 0 Å². The Hall–Kier alpha value is -1.93. The molecule has 0 amide bonds. The quantitative estimate of drug-likeness (QED) is 0.650. The molecule has 7 nitrogen and oxygen atoms in total. The first-order chi connectivity index (χ1) is 9.31. The lowest BCUT2D eigenvalue weighted by Gasteiger charge is -2.05. The van der Waals surface area contributed by atoms with Crippen molar-refractivity contribution in [1.29, 1.82) is 0 Å². The van der Waals surface area contributed by atoms with Crippen molar-refractivity contribution < 1.29 is 14.8 Å². The minimum absolute atomic E-state index is 0.0369. The Morgan fingerprint density at radius 1 is 1.60 bits per heavy atom. The third-order valence-corrected chi connectivity index (χ3v) is 3.52. The van der Waals surface area contributed by atoms with Gasteiger partial charge >= 0.3 is 5.97 Å². The largest absolute Gasteiger partial charge is 0.480 e. The Morgan fingerprint density at radius 3 is 2.80 bits per heavy atom. The van der Waals surface area contributed by atoms with Gasteiger partial charge in [0.15, 0.2) is 0 Å². The van der Waals surface area contributed by atoms with Crippen LogP contribution >= 0.6 is 15.9 Å². The first-order valence-corrected chi connectivity index (χ1v) is 6.50. The van der Waals surface area contributed by atoms with Crippen molar-refractivity contribution in [1.82, 2.24) is 4.57 Å². The summed E-state index contributed by atoms with van der Waals surface area (Å²) in [5.41, 5.74) is 6.65. The number of carbonyl (C=O) groups is 1. The van der Waals surface area contributed by atoms with E-state index in [4.69, 9.17) is 10.8 Å². The molecule has 1 unspecified atom stereocenters. The summed E-state index contributed by atoms with van der Waals surface area (Å²) in [5.74, 6) is -1.14. The molecule has 20 heavy (non-hydrogen) atoms. The number of halogens is 1. The monoisotopic (exact) mass is 341 g/mol. The molecular weight excluding hydrogens is 330 g/mol. The van der Waals surface area contributed by atoms with E-state index in [1.807, 2.05) is 0 Å². The summed E-state index contributed by atoms with van der Waals surface area (Å²) < 4.78 is 2.31. The third kappa shape index (κ3) is 2.52. The molecule has 0 bridgehead atoms. The van der Waals surface area contributed by atoms with Gasteiger partial charge in [0.25, 0.3) is 5.69 Å². The second-order valence-corrected chi connectivity index (χ2v) is 5.41. The van der Waals surface area contributed by atoms with Gasteiger partial charge in [0.2, 0.25) is 0 Å². The summed E-state index contributed by atoms with van der Waals surface area (Å²) >= 11 is 3.23. The Morgan fingerprint density at radius 2 is 2.25 bits per heavy atom. The molecule has 1 atom stereocenters. The number of carboxylic acids is 1. The smallest absolute Gasteiger partial charge is 0.320 e. The SMILES string of the molecule is Cn1cc(CC(N)C(=O)O)c2c([N+](=O)[O-])cc(Br)cc21. The molecule has 0 radical (unpaired) electrons. The van der Waals surface area contributed by atoms with Crippen molar-refractivity contribution in [2.24, 2.45) is 12.8 Å². The minimum Gasteiger partial charge on any atom is -0.480 e. The highest BCUT2D eigenvalue weighted by atomic mass is 79.9. The van der Waals surface area contributed by atoms with Crippen molar-refractivity contribution in [3.05, 3.63) is 38.5 Å². The molecule has 3 N–H and O–H groups in total. The summed E-state index contributed by atoms with van der Waals surface area (Å²) in [6.45, 7) is 0. The molecular formula is C12H12BrN3O4. The zero-order valence-corrected chi connectivity index (χ0v) is 12.1. The summed E-state index contributed by atoms with van der Waals surface area (Å²) in [7, 11) is 1.74. The number of nitro benzene ring substituents is 1. The molecule has 2 rings (SSSR count). The van der Waals surface area contributed by atoms with Crippen LogP contribution < -0.4 is 5.73 Å². The van der Waals surface area contributed by atoms with Gasteiger partial charge in [-0.15, -0.1) is 0 Å². The summed E-state index contributed by atoms with van der Waals surface area (Å²) in [5, 5.41) is 20.5. The van der Waals surface area contributed by atoms with Crippen LogP contribution in [-0.2, 0) is 18.3 Å².